The van der Waals surface area contributed by atoms with Gasteiger partial charge in [0.2, 0.25) is 0 Å². The molecule has 3 rings (SSSR count). The second-order valence-corrected chi connectivity index (χ2v) is 7.28. The number of carbonyl (C=O) groups excluding carboxylic acids is 1. The Morgan fingerprint density at radius 2 is 2.00 bits per heavy atom. The molecule has 25 heavy (non-hydrogen) atoms. The molecule has 1 aliphatic rings. The summed E-state index contributed by atoms with van der Waals surface area (Å²) in [6, 6.07) is 9.00. The first-order chi connectivity index (χ1) is 12.0. The van der Waals surface area contributed by atoms with Crippen LogP contribution in [-0.4, -0.2) is 39.7 Å². The standard InChI is InChI=1S/C20H28N4O/c1-14(2)19(12-21-20(25)18-11-22-23(4)15(18)3)24-10-9-16-7-5-6-8-17(16)13-24/h5-8,11,14,19H,9-10,12-13H2,1-4H3,(H,21,25). The Morgan fingerprint density at radius 3 is 2.64 bits per heavy atom. The quantitative estimate of drug-likeness (QED) is 0.910. The molecule has 0 saturated carbocycles. The zero-order valence-electron chi connectivity index (χ0n) is 15.6. The number of hydrogen-bond donors (Lipinski definition) is 1. The van der Waals surface area contributed by atoms with E-state index in [4.69, 9.17) is 0 Å². The summed E-state index contributed by atoms with van der Waals surface area (Å²) in [5, 5.41) is 7.28. The van der Waals surface area contributed by atoms with Crippen molar-refractivity contribution in [2.75, 3.05) is 13.1 Å². The van der Waals surface area contributed by atoms with Crippen LogP contribution in [0.15, 0.2) is 30.5 Å². The first-order valence-corrected chi connectivity index (χ1v) is 9.05. The summed E-state index contributed by atoms with van der Waals surface area (Å²) in [6.45, 7) is 9.04. The van der Waals surface area contributed by atoms with Crippen molar-refractivity contribution in [1.29, 1.82) is 0 Å². The normalized spacial score (nSPS) is 15.9. The van der Waals surface area contributed by atoms with Crippen molar-refractivity contribution >= 4 is 5.91 Å². The second kappa shape index (κ2) is 7.40. The zero-order chi connectivity index (χ0) is 18.0. The lowest BCUT2D eigenvalue weighted by Crippen LogP contribution is -2.48. The largest absolute Gasteiger partial charge is 0.350 e. The molecule has 2 heterocycles. The number of benzene rings is 1. The van der Waals surface area contributed by atoms with E-state index >= 15 is 0 Å². The van der Waals surface area contributed by atoms with Gasteiger partial charge in [-0.2, -0.15) is 5.10 Å². The van der Waals surface area contributed by atoms with Crippen molar-refractivity contribution in [2.45, 2.75) is 39.8 Å². The molecule has 0 bridgehead atoms. The Hall–Kier alpha value is -2.14. The molecule has 1 aromatic heterocycles. The monoisotopic (exact) mass is 340 g/mol. The molecule has 1 amide bonds. The Morgan fingerprint density at radius 1 is 1.28 bits per heavy atom. The number of hydrogen-bond acceptors (Lipinski definition) is 3. The van der Waals surface area contributed by atoms with E-state index in [0.717, 1.165) is 25.2 Å². The van der Waals surface area contributed by atoms with Gasteiger partial charge in [0.15, 0.2) is 0 Å². The first-order valence-electron chi connectivity index (χ1n) is 9.05. The molecular weight excluding hydrogens is 312 g/mol. The maximum absolute atomic E-state index is 12.5. The Labute approximate surface area is 150 Å². The van der Waals surface area contributed by atoms with Crippen LogP contribution in [0.5, 0.6) is 0 Å². The number of amides is 1. The third-order valence-electron chi connectivity index (χ3n) is 5.35. The third kappa shape index (κ3) is 3.76. The minimum absolute atomic E-state index is 0.0336. The van der Waals surface area contributed by atoms with E-state index in [0.29, 0.717) is 24.1 Å². The maximum atomic E-state index is 12.5. The van der Waals surface area contributed by atoms with Crippen LogP contribution in [0.1, 0.15) is 41.0 Å². The molecular formula is C20H28N4O. The van der Waals surface area contributed by atoms with Crippen LogP contribution in [0, 0.1) is 12.8 Å². The highest BCUT2D eigenvalue weighted by Gasteiger charge is 2.26. The fourth-order valence-corrected chi connectivity index (χ4v) is 3.60. The molecule has 2 aromatic rings. The number of nitrogens with zero attached hydrogens (tertiary/aromatic N) is 3. The summed E-state index contributed by atoms with van der Waals surface area (Å²) in [7, 11) is 1.86. The third-order valence-corrected chi connectivity index (χ3v) is 5.35. The van der Waals surface area contributed by atoms with E-state index in [1.54, 1.807) is 10.9 Å². The van der Waals surface area contributed by atoms with Gasteiger partial charge in [-0.3, -0.25) is 14.4 Å². The summed E-state index contributed by atoms with van der Waals surface area (Å²) in [5.74, 6) is 0.439. The van der Waals surface area contributed by atoms with Crippen molar-refractivity contribution in [3.05, 3.63) is 52.8 Å². The molecule has 1 aliphatic heterocycles. The first kappa shape index (κ1) is 17.7. The predicted octanol–water partition coefficient (Wildman–Crippen LogP) is 2.54. The average Bonchev–Trinajstić information content (AvgIpc) is 2.93. The highest BCUT2D eigenvalue weighted by Crippen LogP contribution is 2.23. The highest BCUT2D eigenvalue weighted by molar-refractivity contribution is 5.95. The smallest absolute Gasteiger partial charge is 0.254 e. The number of aromatic nitrogens is 2. The van der Waals surface area contributed by atoms with Crippen LogP contribution in [0.4, 0.5) is 0 Å². The van der Waals surface area contributed by atoms with Gasteiger partial charge in [0.1, 0.15) is 0 Å². The minimum atomic E-state index is -0.0336. The van der Waals surface area contributed by atoms with Crippen LogP contribution in [0.25, 0.3) is 0 Å². The summed E-state index contributed by atoms with van der Waals surface area (Å²) >= 11 is 0. The molecule has 1 unspecified atom stereocenters. The van der Waals surface area contributed by atoms with Crippen molar-refractivity contribution in [2.24, 2.45) is 13.0 Å². The van der Waals surface area contributed by atoms with E-state index in [9.17, 15) is 4.79 Å². The van der Waals surface area contributed by atoms with Gasteiger partial charge in [0, 0.05) is 38.4 Å². The number of carbonyl (C=O) groups is 1. The SMILES string of the molecule is Cc1c(C(=O)NCC(C(C)C)N2CCc3ccccc3C2)cnn1C. The van der Waals surface area contributed by atoms with Crippen molar-refractivity contribution in [1.82, 2.24) is 20.0 Å². The van der Waals surface area contributed by atoms with Crippen LogP contribution in [0.3, 0.4) is 0 Å². The van der Waals surface area contributed by atoms with Gasteiger partial charge in [-0.05, 0) is 30.4 Å². The van der Waals surface area contributed by atoms with Crippen molar-refractivity contribution < 1.29 is 4.79 Å². The molecule has 134 valence electrons. The van der Waals surface area contributed by atoms with Crippen molar-refractivity contribution in [3.63, 3.8) is 0 Å². The van der Waals surface area contributed by atoms with Gasteiger partial charge in [-0.25, -0.2) is 0 Å². The molecule has 0 fully saturated rings. The molecule has 0 radical (unpaired) electrons. The van der Waals surface area contributed by atoms with E-state index < -0.39 is 0 Å². The molecule has 1 N–H and O–H groups in total. The molecule has 1 atom stereocenters. The van der Waals surface area contributed by atoms with Crippen LogP contribution in [-0.2, 0) is 20.0 Å². The fourth-order valence-electron chi connectivity index (χ4n) is 3.60. The fraction of sp³-hybridized carbons (Fsp3) is 0.500. The van der Waals surface area contributed by atoms with E-state index in [1.165, 1.54) is 11.1 Å². The van der Waals surface area contributed by atoms with Gasteiger partial charge < -0.3 is 5.32 Å². The maximum Gasteiger partial charge on any atom is 0.254 e. The van der Waals surface area contributed by atoms with Crippen LogP contribution < -0.4 is 5.32 Å². The zero-order valence-corrected chi connectivity index (χ0v) is 15.6. The molecule has 5 heteroatoms. The number of fused-ring (bicyclic) bond motifs is 1. The van der Waals surface area contributed by atoms with E-state index in [2.05, 4.69) is 53.4 Å². The topological polar surface area (TPSA) is 50.2 Å². The molecule has 5 nitrogen and oxygen atoms in total. The van der Waals surface area contributed by atoms with Gasteiger partial charge in [-0.1, -0.05) is 38.1 Å². The molecule has 1 aromatic carbocycles. The lowest BCUT2D eigenvalue weighted by molar-refractivity contribution is 0.0903. The lowest BCUT2D eigenvalue weighted by Gasteiger charge is -2.38. The molecule has 0 aliphatic carbocycles. The van der Waals surface area contributed by atoms with Gasteiger partial charge in [-0.15, -0.1) is 0 Å². The summed E-state index contributed by atoms with van der Waals surface area (Å²) in [4.78, 5) is 15.0. The van der Waals surface area contributed by atoms with Gasteiger partial charge in [0.25, 0.3) is 5.91 Å². The Balaban J connectivity index is 1.66. The van der Waals surface area contributed by atoms with Crippen LogP contribution in [0.2, 0.25) is 0 Å². The molecule has 0 saturated heterocycles. The lowest BCUT2D eigenvalue weighted by atomic mass is 9.95. The van der Waals surface area contributed by atoms with E-state index in [1.807, 2.05) is 14.0 Å². The number of rotatable bonds is 5. The van der Waals surface area contributed by atoms with Gasteiger partial charge in [0.05, 0.1) is 11.8 Å². The second-order valence-electron chi connectivity index (χ2n) is 7.28. The number of aryl methyl sites for hydroxylation is 1. The van der Waals surface area contributed by atoms with Crippen LogP contribution >= 0.6 is 0 Å². The van der Waals surface area contributed by atoms with Gasteiger partial charge >= 0.3 is 0 Å². The average molecular weight is 340 g/mol. The Bertz CT molecular complexity index is 750. The predicted molar refractivity (Wildman–Crippen MR) is 99.5 cm³/mol. The van der Waals surface area contributed by atoms with E-state index in [-0.39, 0.29) is 5.91 Å². The summed E-state index contributed by atoms with van der Waals surface area (Å²) in [6.07, 6.45) is 2.72. The molecule has 0 spiro atoms. The van der Waals surface area contributed by atoms with Crippen molar-refractivity contribution in [3.8, 4) is 0 Å². The summed E-state index contributed by atoms with van der Waals surface area (Å²) < 4.78 is 1.73. The minimum Gasteiger partial charge on any atom is -0.350 e. The number of nitrogens with one attached hydrogen (secondary N) is 1. The Kier molecular flexibility index (Phi) is 5.23. The highest BCUT2D eigenvalue weighted by atomic mass is 16.1. The summed E-state index contributed by atoms with van der Waals surface area (Å²) in [5.41, 5.74) is 4.42.